The summed E-state index contributed by atoms with van der Waals surface area (Å²) in [7, 11) is 0. The van der Waals surface area contributed by atoms with Crippen LogP contribution in [0.5, 0.6) is 0 Å². The van der Waals surface area contributed by atoms with Gasteiger partial charge in [-0.25, -0.2) is 4.79 Å². The van der Waals surface area contributed by atoms with E-state index in [1.165, 1.54) is 4.90 Å². The Labute approximate surface area is 101 Å². The fourth-order valence-corrected chi connectivity index (χ4v) is 1.87. The largest absolute Gasteiger partial charge is 0.481 e. The summed E-state index contributed by atoms with van der Waals surface area (Å²) < 4.78 is 5.20. The number of carboxylic acid groups (broad SMARTS) is 1. The average molecular weight is 244 g/mol. The van der Waals surface area contributed by atoms with Crippen LogP contribution >= 0.6 is 0 Å². The van der Waals surface area contributed by atoms with Gasteiger partial charge in [-0.1, -0.05) is 0 Å². The van der Waals surface area contributed by atoms with Crippen molar-refractivity contribution < 1.29 is 19.4 Å². The molecular formula is C11H20N2O4. The summed E-state index contributed by atoms with van der Waals surface area (Å²) in [4.78, 5) is 24.2. The van der Waals surface area contributed by atoms with Crippen molar-refractivity contribution >= 4 is 12.1 Å². The van der Waals surface area contributed by atoms with Gasteiger partial charge in [0.15, 0.2) is 0 Å². The second kappa shape index (κ2) is 4.91. The highest BCUT2D eigenvalue weighted by molar-refractivity contribution is 5.74. The molecule has 0 radical (unpaired) electrons. The Hall–Kier alpha value is -1.30. The van der Waals surface area contributed by atoms with Gasteiger partial charge in [0.05, 0.1) is 5.92 Å². The Morgan fingerprint density at radius 3 is 2.35 bits per heavy atom. The van der Waals surface area contributed by atoms with Crippen LogP contribution in [-0.2, 0) is 9.53 Å². The molecule has 0 bridgehead atoms. The molecule has 2 atom stereocenters. The quantitative estimate of drug-likeness (QED) is 0.738. The maximum Gasteiger partial charge on any atom is 0.410 e. The second-order valence-corrected chi connectivity index (χ2v) is 5.33. The summed E-state index contributed by atoms with van der Waals surface area (Å²) in [5.41, 5.74) is 4.94. The summed E-state index contributed by atoms with van der Waals surface area (Å²) >= 11 is 0. The summed E-state index contributed by atoms with van der Waals surface area (Å²) in [6, 6.07) is 0. The lowest BCUT2D eigenvalue weighted by Gasteiger charge is -2.24. The fraction of sp³-hybridized carbons (Fsp3) is 0.818. The van der Waals surface area contributed by atoms with Crippen LogP contribution in [0.15, 0.2) is 0 Å². The van der Waals surface area contributed by atoms with Crippen molar-refractivity contribution in [2.24, 2.45) is 17.6 Å². The van der Waals surface area contributed by atoms with Crippen molar-refractivity contribution in [1.82, 2.24) is 4.90 Å². The summed E-state index contributed by atoms with van der Waals surface area (Å²) in [5, 5.41) is 9.01. The van der Waals surface area contributed by atoms with E-state index in [4.69, 9.17) is 15.6 Å². The molecule has 1 heterocycles. The van der Waals surface area contributed by atoms with Crippen molar-refractivity contribution in [2.45, 2.75) is 26.4 Å². The molecule has 1 aliphatic heterocycles. The van der Waals surface area contributed by atoms with Gasteiger partial charge in [0.2, 0.25) is 0 Å². The predicted octanol–water partition coefficient (Wildman–Crippen LogP) is 0.513. The Balaban J connectivity index is 2.64. The number of nitrogens with zero attached hydrogens (tertiary/aromatic N) is 1. The zero-order chi connectivity index (χ0) is 13.2. The molecule has 0 aromatic carbocycles. The van der Waals surface area contributed by atoms with Crippen LogP contribution in [0.4, 0.5) is 4.79 Å². The van der Waals surface area contributed by atoms with Gasteiger partial charge >= 0.3 is 12.1 Å². The zero-order valence-corrected chi connectivity index (χ0v) is 10.5. The van der Waals surface area contributed by atoms with E-state index in [1.807, 2.05) is 0 Å². The van der Waals surface area contributed by atoms with Crippen molar-refractivity contribution in [1.29, 1.82) is 0 Å². The Bertz CT molecular complexity index is 311. The normalized spacial score (nSPS) is 24.8. The highest BCUT2D eigenvalue weighted by Crippen LogP contribution is 2.24. The third-order valence-electron chi connectivity index (χ3n) is 2.71. The van der Waals surface area contributed by atoms with Crippen LogP contribution < -0.4 is 5.73 Å². The van der Waals surface area contributed by atoms with Crippen LogP contribution in [0.25, 0.3) is 0 Å². The van der Waals surface area contributed by atoms with Gasteiger partial charge in [0.25, 0.3) is 0 Å². The molecule has 3 N–H and O–H groups in total. The molecule has 0 unspecified atom stereocenters. The van der Waals surface area contributed by atoms with E-state index in [1.54, 1.807) is 20.8 Å². The minimum absolute atomic E-state index is 0.173. The first-order valence-electron chi connectivity index (χ1n) is 5.65. The maximum atomic E-state index is 11.8. The van der Waals surface area contributed by atoms with Gasteiger partial charge in [0.1, 0.15) is 5.60 Å². The lowest BCUT2D eigenvalue weighted by atomic mass is 9.97. The highest BCUT2D eigenvalue weighted by Gasteiger charge is 2.40. The Kier molecular flexibility index (Phi) is 3.98. The topological polar surface area (TPSA) is 92.9 Å². The number of carbonyl (C=O) groups excluding carboxylic acids is 1. The van der Waals surface area contributed by atoms with Gasteiger partial charge in [0, 0.05) is 19.0 Å². The van der Waals surface area contributed by atoms with Crippen LogP contribution in [-0.4, -0.2) is 47.3 Å². The smallest absolute Gasteiger partial charge is 0.410 e. The summed E-state index contributed by atoms with van der Waals surface area (Å²) in [5.74, 6) is -1.70. The fourth-order valence-electron chi connectivity index (χ4n) is 1.87. The van der Waals surface area contributed by atoms with Crippen LogP contribution in [0.2, 0.25) is 0 Å². The molecule has 6 nitrogen and oxygen atoms in total. The predicted molar refractivity (Wildman–Crippen MR) is 61.5 cm³/mol. The number of ether oxygens (including phenoxy) is 1. The van der Waals surface area contributed by atoms with Gasteiger partial charge in [-0.2, -0.15) is 0 Å². The number of carbonyl (C=O) groups is 2. The van der Waals surface area contributed by atoms with E-state index in [-0.39, 0.29) is 19.0 Å². The first-order valence-corrected chi connectivity index (χ1v) is 5.65. The molecular weight excluding hydrogens is 224 g/mol. The van der Waals surface area contributed by atoms with E-state index in [0.717, 1.165) is 0 Å². The third kappa shape index (κ3) is 3.59. The summed E-state index contributed by atoms with van der Waals surface area (Å²) in [6.07, 6.45) is -0.472. The average Bonchev–Trinajstić information content (AvgIpc) is 2.58. The number of aliphatic carboxylic acids is 1. The molecule has 1 amide bonds. The summed E-state index contributed by atoms with van der Waals surface area (Å²) in [6.45, 7) is 6.10. The van der Waals surface area contributed by atoms with E-state index in [9.17, 15) is 9.59 Å². The molecule has 0 saturated carbocycles. The number of rotatable bonds is 2. The van der Waals surface area contributed by atoms with Crippen molar-refractivity contribution in [2.75, 3.05) is 19.6 Å². The zero-order valence-electron chi connectivity index (χ0n) is 10.5. The van der Waals surface area contributed by atoms with E-state index < -0.39 is 23.6 Å². The first-order chi connectivity index (χ1) is 7.74. The molecule has 0 aliphatic carbocycles. The SMILES string of the molecule is CC(C)(C)OC(=O)N1C[C@H](CN)[C@@H](C(=O)O)C1. The number of hydrogen-bond donors (Lipinski definition) is 2. The van der Waals surface area contributed by atoms with Crippen LogP contribution in [0.3, 0.4) is 0 Å². The van der Waals surface area contributed by atoms with E-state index >= 15 is 0 Å². The third-order valence-corrected chi connectivity index (χ3v) is 2.71. The molecule has 1 aliphatic rings. The van der Waals surface area contributed by atoms with Crippen LogP contribution in [0, 0.1) is 11.8 Å². The van der Waals surface area contributed by atoms with Gasteiger partial charge in [-0.05, 0) is 27.3 Å². The number of nitrogens with two attached hydrogens (primary N) is 1. The minimum Gasteiger partial charge on any atom is -0.481 e. The monoisotopic (exact) mass is 244 g/mol. The van der Waals surface area contributed by atoms with E-state index in [0.29, 0.717) is 6.54 Å². The Morgan fingerprint density at radius 2 is 2.00 bits per heavy atom. The Morgan fingerprint density at radius 1 is 1.41 bits per heavy atom. The van der Waals surface area contributed by atoms with Crippen molar-refractivity contribution in [3.63, 3.8) is 0 Å². The number of hydrogen-bond acceptors (Lipinski definition) is 4. The first kappa shape index (κ1) is 13.8. The van der Waals surface area contributed by atoms with Gasteiger partial charge in [-0.3, -0.25) is 4.79 Å². The van der Waals surface area contributed by atoms with E-state index in [2.05, 4.69) is 0 Å². The number of amides is 1. The lowest BCUT2D eigenvalue weighted by molar-refractivity contribution is -0.142. The van der Waals surface area contributed by atoms with Gasteiger partial charge in [-0.15, -0.1) is 0 Å². The molecule has 1 saturated heterocycles. The molecule has 98 valence electrons. The number of carboxylic acids is 1. The van der Waals surface area contributed by atoms with Gasteiger partial charge < -0.3 is 20.5 Å². The van der Waals surface area contributed by atoms with Crippen molar-refractivity contribution in [3.05, 3.63) is 0 Å². The number of likely N-dealkylation sites (tertiary alicyclic amines) is 1. The maximum absolute atomic E-state index is 11.8. The molecule has 0 spiro atoms. The van der Waals surface area contributed by atoms with Crippen LogP contribution in [0.1, 0.15) is 20.8 Å². The molecule has 17 heavy (non-hydrogen) atoms. The molecule has 0 aromatic heterocycles. The van der Waals surface area contributed by atoms with Crippen molar-refractivity contribution in [3.8, 4) is 0 Å². The second-order valence-electron chi connectivity index (χ2n) is 5.33. The molecule has 6 heteroatoms. The molecule has 1 rings (SSSR count). The molecule has 1 fully saturated rings. The molecule has 0 aromatic rings. The highest BCUT2D eigenvalue weighted by atomic mass is 16.6. The lowest BCUT2D eigenvalue weighted by Crippen LogP contribution is -2.36. The minimum atomic E-state index is -0.911. The standard InChI is InChI=1S/C11H20N2O4/c1-11(2,3)17-10(16)13-5-7(4-12)8(6-13)9(14)15/h7-8H,4-6,12H2,1-3H3,(H,14,15)/t7-,8-/m0/s1.